The number of benzene rings is 1. The molecule has 21 heavy (non-hydrogen) atoms. The molecule has 0 amide bonds. The van der Waals surface area contributed by atoms with E-state index in [1.165, 1.54) is 19.3 Å². The van der Waals surface area contributed by atoms with Gasteiger partial charge in [-0.3, -0.25) is 5.43 Å². The van der Waals surface area contributed by atoms with Crippen molar-refractivity contribution in [2.45, 2.75) is 51.1 Å². The molecule has 1 aliphatic rings. The van der Waals surface area contributed by atoms with E-state index in [1.807, 2.05) is 19.1 Å². The molecule has 0 spiro atoms. The fraction of sp³-hybridized carbons (Fsp3) is 0.533. The normalized spacial score (nSPS) is 18.4. The van der Waals surface area contributed by atoms with E-state index < -0.39 is 0 Å². The Bertz CT molecular complexity index is 498. The first-order valence-corrected chi connectivity index (χ1v) is 8.11. The van der Waals surface area contributed by atoms with E-state index in [0.29, 0.717) is 22.0 Å². The average Bonchev–Trinajstić information content (AvgIpc) is 2.47. The van der Waals surface area contributed by atoms with Crippen molar-refractivity contribution in [1.82, 2.24) is 10.7 Å². The van der Waals surface area contributed by atoms with E-state index in [9.17, 15) is 0 Å². The molecule has 0 heterocycles. The lowest BCUT2D eigenvalue weighted by atomic mass is 9.96. The van der Waals surface area contributed by atoms with Crippen molar-refractivity contribution in [3.05, 3.63) is 33.8 Å². The molecule has 1 aromatic carbocycles. The number of nitrogens with one attached hydrogen (secondary N) is 2. The molecule has 1 unspecified atom stereocenters. The number of nitrogens with zero attached hydrogens (tertiary/aromatic N) is 1. The van der Waals surface area contributed by atoms with Crippen LogP contribution in [0.15, 0.2) is 23.2 Å². The highest BCUT2D eigenvalue weighted by Crippen LogP contribution is 2.26. The maximum Gasteiger partial charge on any atom is 0.206 e. The zero-order valence-electron chi connectivity index (χ0n) is 12.2. The topological polar surface area (TPSA) is 62.4 Å². The minimum Gasteiger partial charge on any atom is -0.349 e. The summed E-state index contributed by atoms with van der Waals surface area (Å²) < 4.78 is 0. The van der Waals surface area contributed by atoms with Gasteiger partial charge in [-0.2, -0.15) is 0 Å². The van der Waals surface area contributed by atoms with Crippen LogP contribution in [0.1, 0.15) is 50.6 Å². The van der Waals surface area contributed by atoms with Gasteiger partial charge in [-0.15, -0.1) is 0 Å². The summed E-state index contributed by atoms with van der Waals surface area (Å²) in [7, 11) is 0. The van der Waals surface area contributed by atoms with Crippen molar-refractivity contribution in [3.8, 4) is 0 Å². The molecule has 4 nitrogen and oxygen atoms in total. The van der Waals surface area contributed by atoms with Gasteiger partial charge in [0.25, 0.3) is 0 Å². The highest BCUT2D eigenvalue weighted by molar-refractivity contribution is 6.35. The third-order valence-corrected chi connectivity index (χ3v) is 4.37. The lowest BCUT2D eigenvalue weighted by Crippen LogP contribution is -2.43. The van der Waals surface area contributed by atoms with Gasteiger partial charge in [0.05, 0.1) is 12.1 Å². The molecule has 0 bridgehead atoms. The highest BCUT2D eigenvalue weighted by Gasteiger charge is 2.15. The van der Waals surface area contributed by atoms with Crippen molar-refractivity contribution in [1.29, 1.82) is 0 Å². The number of rotatable bonds is 3. The highest BCUT2D eigenvalue weighted by atomic mass is 35.5. The molecular formula is C15H22Cl2N4. The van der Waals surface area contributed by atoms with Crippen LogP contribution in [0.4, 0.5) is 0 Å². The van der Waals surface area contributed by atoms with E-state index in [1.54, 1.807) is 6.07 Å². The zero-order valence-corrected chi connectivity index (χ0v) is 13.7. The van der Waals surface area contributed by atoms with E-state index in [4.69, 9.17) is 29.0 Å². The molecule has 1 aromatic rings. The number of hydrogen-bond donors (Lipinski definition) is 3. The van der Waals surface area contributed by atoms with Crippen molar-refractivity contribution in [3.63, 3.8) is 0 Å². The molecule has 1 fully saturated rings. The smallest absolute Gasteiger partial charge is 0.206 e. The van der Waals surface area contributed by atoms with Crippen LogP contribution >= 0.6 is 23.2 Å². The Morgan fingerprint density at radius 2 is 2.00 bits per heavy atom. The van der Waals surface area contributed by atoms with Gasteiger partial charge < -0.3 is 5.32 Å². The third kappa shape index (κ3) is 4.77. The Balaban J connectivity index is 2.04. The van der Waals surface area contributed by atoms with Crippen molar-refractivity contribution in [2.24, 2.45) is 10.8 Å². The van der Waals surface area contributed by atoms with Crippen molar-refractivity contribution < 1.29 is 0 Å². The van der Waals surface area contributed by atoms with Crippen LogP contribution in [0, 0.1) is 0 Å². The number of halogens is 2. The summed E-state index contributed by atoms with van der Waals surface area (Å²) >= 11 is 12.1. The molecule has 1 aliphatic carbocycles. The Morgan fingerprint density at radius 1 is 1.29 bits per heavy atom. The van der Waals surface area contributed by atoms with Crippen LogP contribution in [0.5, 0.6) is 0 Å². The summed E-state index contributed by atoms with van der Waals surface area (Å²) in [5.41, 5.74) is 3.62. The second-order valence-corrected chi connectivity index (χ2v) is 6.29. The molecule has 2 rings (SSSR count). The summed E-state index contributed by atoms with van der Waals surface area (Å²) in [5.74, 6) is 6.19. The van der Waals surface area contributed by atoms with Gasteiger partial charge in [-0.25, -0.2) is 10.8 Å². The maximum absolute atomic E-state index is 6.23. The molecule has 1 atom stereocenters. The largest absolute Gasteiger partial charge is 0.349 e. The Kier molecular flexibility index (Phi) is 6.15. The lowest BCUT2D eigenvalue weighted by molar-refractivity contribution is 0.440. The Hall–Kier alpha value is -0.970. The van der Waals surface area contributed by atoms with Crippen LogP contribution < -0.4 is 16.6 Å². The van der Waals surface area contributed by atoms with E-state index in [-0.39, 0.29) is 6.04 Å². The van der Waals surface area contributed by atoms with Crippen molar-refractivity contribution >= 4 is 29.2 Å². The fourth-order valence-electron chi connectivity index (χ4n) is 2.64. The van der Waals surface area contributed by atoms with Gasteiger partial charge in [-0.05, 0) is 37.5 Å². The fourth-order valence-corrected chi connectivity index (χ4v) is 3.22. The monoisotopic (exact) mass is 328 g/mol. The zero-order chi connectivity index (χ0) is 15.2. The molecule has 0 radical (unpaired) electrons. The minimum absolute atomic E-state index is 0.00634. The predicted molar refractivity (Wildman–Crippen MR) is 89.6 cm³/mol. The molecule has 4 N–H and O–H groups in total. The summed E-state index contributed by atoms with van der Waals surface area (Å²) in [6, 6.07) is 5.83. The van der Waals surface area contributed by atoms with Gasteiger partial charge in [-0.1, -0.05) is 48.5 Å². The van der Waals surface area contributed by atoms with E-state index in [0.717, 1.165) is 18.4 Å². The van der Waals surface area contributed by atoms with E-state index >= 15 is 0 Å². The number of hydrogen-bond acceptors (Lipinski definition) is 2. The van der Waals surface area contributed by atoms with Crippen LogP contribution in [0.3, 0.4) is 0 Å². The molecule has 116 valence electrons. The van der Waals surface area contributed by atoms with Gasteiger partial charge >= 0.3 is 0 Å². The first-order valence-electron chi connectivity index (χ1n) is 7.36. The molecular weight excluding hydrogens is 307 g/mol. The van der Waals surface area contributed by atoms with Gasteiger partial charge in [0.15, 0.2) is 0 Å². The summed E-state index contributed by atoms with van der Waals surface area (Å²) in [6.07, 6.45) is 6.04. The first kappa shape index (κ1) is 16.4. The van der Waals surface area contributed by atoms with Gasteiger partial charge in [0.1, 0.15) is 0 Å². The maximum atomic E-state index is 6.23. The Labute approximate surface area is 136 Å². The second kappa shape index (κ2) is 7.87. The SMILES string of the molecule is CC(NC(=NC1CCCCC1)NN)c1ccc(Cl)cc1Cl. The summed E-state index contributed by atoms with van der Waals surface area (Å²) in [5, 5.41) is 4.54. The third-order valence-electron chi connectivity index (χ3n) is 3.81. The first-order chi connectivity index (χ1) is 10.1. The van der Waals surface area contributed by atoms with Crippen LogP contribution in [-0.4, -0.2) is 12.0 Å². The van der Waals surface area contributed by atoms with Crippen LogP contribution in [0.2, 0.25) is 10.0 Å². The molecule has 0 saturated heterocycles. The van der Waals surface area contributed by atoms with Crippen LogP contribution in [0.25, 0.3) is 0 Å². The number of nitrogens with two attached hydrogens (primary N) is 1. The Morgan fingerprint density at radius 3 is 2.62 bits per heavy atom. The molecule has 0 aliphatic heterocycles. The van der Waals surface area contributed by atoms with Gasteiger partial charge in [0.2, 0.25) is 5.96 Å². The second-order valence-electron chi connectivity index (χ2n) is 5.45. The quantitative estimate of drug-likeness (QED) is 0.342. The number of guanidine groups is 1. The predicted octanol–water partition coefficient (Wildman–Crippen LogP) is 3.80. The number of hydrazine groups is 1. The van der Waals surface area contributed by atoms with Crippen LogP contribution in [-0.2, 0) is 0 Å². The summed E-state index contributed by atoms with van der Waals surface area (Å²) in [4.78, 5) is 4.67. The molecule has 6 heteroatoms. The minimum atomic E-state index is -0.00634. The van der Waals surface area contributed by atoms with E-state index in [2.05, 4.69) is 15.7 Å². The summed E-state index contributed by atoms with van der Waals surface area (Å²) in [6.45, 7) is 2.02. The standard InChI is InChI=1S/C15H22Cl2N4/c1-10(13-8-7-11(16)9-14(13)17)19-15(21-18)20-12-5-3-2-4-6-12/h7-10,12H,2-6,18H2,1H3,(H2,19,20,21). The molecule has 0 aromatic heterocycles. The average molecular weight is 329 g/mol. The lowest BCUT2D eigenvalue weighted by Gasteiger charge is -2.22. The molecule has 1 saturated carbocycles. The van der Waals surface area contributed by atoms with Gasteiger partial charge in [0, 0.05) is 10.0 Å². The number of aliphatic imine (C=N–C) groups is 1. The van der Waals surface area contributed by atoms with Crippen molar-refractivity contribution in [2.75, 3.05) is 0 Å².